The molecular formula is C5H10N2O3S. The summed E-state index contributed by atoms with van der Waals surface area (Å²) in [6.07, 6.45) is 0. The molecular weight excluding hydrogens is 168 g/mol. The smallest absolute Gasteiger partial charge is 0.229 e. The Kier molecular flexibility index (Phi) is 2.26. The van der Waals surface area contributed by atoms with E-state index in [1.165, 1.54) is 0 Å². The van der Waals surface area contributed by atoms with Crippen molar-refractivity contribution >= 4 is 16.9 Å². The Balaban J connectivity index is 2.61. The zero-order chi connectivity index (χ0) is 8.48. The van der Waals surface area contributed by atoms with Crippen molar-refractivity contribution in [1.82, 2.24) is 0 Å². The van der Waals surface area contributed by atoms with Gasteiger partial charge in [-0.1, -0.05) is 0 Å². The fraction of sp³-hybridized carbons (Fsp3) is 0.800. The molecule has 1 fully saturated rings. The van der Waals surface area contributed by atoms with E-state index >= 15 is 0 Å². The van der Waals surface area contributed by atoms with E-state index in [1.54, 1.807) is 0 Å². The highest BCUT2D eigenvalue weighted by atomic mass is 32.2. The Morgan fingerprint density at radius 1 is 1.64 bits per heavy atom. The third-order valence-electron chi connectivity index (χ3n) is 1.70. The maximum Gasteiger partial charge on any atom is 0.229 e. The van der Waals surface area contributed by atoms with E-state index in [9.17, 15) is 9.00 Å². The molecule has 1 unspecified atom stereocenters. The van der Waals surface area contributed by atoms with Crippen LogP contribution in [0.25, 0.3) is 0 Å². The Morgan fingerprint density at radius 3 is 2.27 bits per heavy atom. The lowest BCUT2D eigenvalue weighted by molar-refractivity contribution is -0.153. The molecule has 0 aliphatic carbocycles. The lowest BCUT2D eigenvalue weighted by Crippen LogP contribution is -2.56. The monoisotopic (exact) mass is 178 g/mol. The highest BCUT2D eigenvalue weighted by molar-refractivity contribution is 7.82. The van der Waals surface area contributed by atoms with Crippen LogP contribution in [0, 0.1) is 5.41 Å². The second-order valence-corrected chi connectivity index (χ2v) is 3.71. The minimum absolute atomic E-state index is 0.0995. The van der Waals surface area contributed by atoms with Crippen LogP contribution in [-0.4, -0.2) is 29.1 Å². The molecule has 6 heteroatoms. The van der Waals surface area contributed by atoms with E-state index in [-0.39, 0.29) is 19.0 Å². The van der Waals surface area contributed by atoms with Crippen LogP contribution in [0.5, 0.6) is 0 Å². The second kappa shape index (κ2) is 2.88. The quantitative estimate of drug-likeness (QED) is 0.529. The van der Waals surface area contributed by atoms with Crippen LogP contribution in [0.4, 0.5) is 0 Å². The summed E-state index contributed by atoms with van der Waals surface area (Å²) in [4.78, 5) is 10.8. The van der Waals surface area contributed by atoms with Gasteiger partial charge in [-0.05, 0) is 0 Å². The molecule has 4 N–H and O–H groups in total. The summed E-state index contributed by atoms with van der Waals surface area (Å²) >= 11 is 0. The summed E-state index contributed by atoms with van der Waals surface area (Å²) < 4.78 is 15.4. The first-order valence-electron chi connectivity index (χ1n) is 3.07. The van der Waals surface area contributed by atoms with Gasteiger partial charge in [0.1, 0.15) is 5.41 Å². The van der Waals surface area contributed by atoms with Gasteiger partial charge in [-0.25, -0.2) is 4.21 Å². The molecule has 0 aromatic carbocycles. The van der Waals surface area contributed by atoms with Gasteiger partial charge in [-0.3, -0.25) is 9.93 Å². The number of ether oxygens (including phenoxy) is 1. The van der Waals surface area contributed by atoms with E-state index in [2.05, 4.69) is 0 Å². The van der Waals surface area contributed by atoms with Gasteiger partial charge in [0, 0.05) is 0 Å². The van der Waals surface area contributed by atoms with Gasteiger partial charge >= 0.3 is 0 Å². The number of carbonyl (C=O) groups excluding carboxylic acids is 1. The SMILES string of the molecule is NC(=O)C1(CS(N)=O)COC1. The predicted octanol–water partition coefficient (Wildman–Crippen LogP) is -1.89. The average molecular weight is 178 g/mol. The molecule has 1 heterocycles. The van der Waals surface area contributed by atoms with Crippen LogP contribution in [0.3, 0.4) is 0 Å². The van der Waals surface area contributed by atoms with Crippen molar-refractivity contribution in [2.24, 2.45) is 16.3 Å². The third-order valence-corrected chi connectivity index (χ3v) is 2.54. The fourth-order valence-electron chi connectivity index (χ4n) is 0.917. The summed E-state index contributed by atoms with van der Waals surface area (Å²) in [5, 5.41) is 5.03. The van der Waals surface area contributed by atoms with Gasteiger partial charge in [0.2, 0.25) is 5.91 Å². The highest BCUT2D eigenvalue weighted by Gasteiger charge is 2.45. The van der Waals surface area contributed by atoms with E-state index in [4.69, 9.17) is 15.6 Å². The Hall–Kier alpha value is -0.460. The van der Waals surface area contributed by atoms with Crippen LogP contribution in [0.15, 0.2) is 0 Å². The number of primary amides is 1. The number of rotatable bonds is 3. The first kappa shape index (κ1) is 8.63. The van der Waals surface area contributed by atoms with Gasteiger partial charge in [0.15, 0.2) is 0 Å². The minimum Gasteiger partial charge on any atom is -0.379 e. The largest absolute Gasteiger partial charge is 0.379 e. The summed E-state index contributed by atoms with van der Waals surface area (Å²) in [7, 11) is -1.49. The predicted molar refractivity (Wildman–Crippen MR) is 39.6 cm³/mol. The van der Waals surface area contributed by atoms with Crippen LogP contribution in [0.1, 0.15) is 0 Å². The Morgan fingerprint density at radius 2 is 2.18 bits per heavy atom. The molecule has 1 rings (SSSR count). The van der Waals surface area contributed by atoms with Crippen LogP contribution in [-0.2, 0) is 20.5 Å². The second-order valence-electron chi connectivity index (χ2n) is 2.66. The molecule has 0 bridgehead atoms. The molecule has 0 aromatic rings. The van der Waals surface area contributed by atoms with Gasteiger partial charge in [0.05, 0.1) is 30.0 Å². The summed E-state index contributed by atoms with van der Waals surface area (Å²) in [5.41, 5.74) is 4.31. The molecule has 1 amide bonds. The van der Waals surface area contributed by atoms with Gasteiger partial charge < -0.3 is 10.5 Å². The van der Waals surface area contributed by atoms with Crippen molar-refractivity contribution in [1.29, 1.82) is 0 Å². The molecule has 11 heavy (non-hydrogen) atoms. The summed E-state index contributed by atoms with van der Waals surface area (Å²) in [5.74, 6) is -0.384. The summed E-state index contributed by atoms with van der Waals surface area (Å²) in [6, 6.07) is 0. The lowest BCUT2D eigenvalue weighted by Gasteiger charge is -2.37. The molecule has 0 radical (unpaired) electrons. The fourth-order valence-corrected chi connectivity index (χ4v) is 1.77. The van der Waals surface area contributed by atoms with Crippen molar-refractivity contribution in [3.8, 4) is 0 Å². The molecule has 0 aromatic heterocycles. The van der Waals surface area contributed by atoms with Crippen LogP contribution >= 0.6 is 0 Å². The van der Waals surface area contributed by atoms with Crippen molar-refractivity contribution < 1.29 is 13.7 Å². The number of nitrogens with two attached hydrogens (primary N) is 2. The van der Waals surface area contributed by atoms with Gasteiger partial charge in [-0.15, -0.1) is 0 Å². The van der Waals surface area contributed by atoms with E-state index in [1.807, 2.05) is 0 Å². The Bertz CT molecular complexity index is 202. The van der Waals surface area contributed by atoms with Crippen molar-refractivity contribution in [2.75, 3.05) is 19.0 Å². The van der Waals surface area contributed by atoms with Crippen molar-refractivity contribution in [3.63, 3.8) is 0 Å². The molecule has 0 spiro atoms. The van der Waals surface area contributed by atoms with Crippen molar-refractivity contribution in [3.05, 3.63) is 0 Å². The molecule has 1 aliphatic rings. The van der Waals surface area contributed by atoms with Gasteiger partial charge in [0.25, 0.3) is 0 Å². The minimum atomic E-state index is -1.49. The van der Waals surface area contributed by atoms with E-state index in [0.717, 1.165) is 0 Å². The molecule has 0 saturated carbocycles. The van der Waals surface area contributed by atoms with Crippen molar-refractivity contribution in [2.45, 2.75) is 0 Å². The standard InChI is InChI=1S/C5H10N2O3S/c6-4(8)5(1-10-2-5)3-11(7)9/h1-3,7H2,(H2,6,8). The van der Waals surface area contributed by atoms with Gasteiger partial charge in [-0.2, -0.15) is 0 Å². The molecule has 64 valence electrons. The zero-order valence-electron chi connectivity index (χ0n) is 5.91. The topological polar surface area (TPSA) is 95.4 Å². The average Bonchev–Trinajstić information content (AvgIpc) is 1.77. The third kappa shape index (κ3) is 1.58. The van der Waals surface area contributed by atoms with Crippen LogP contribution < -0.4 is 10.9 Å². The maximum absolute atomic E-state index is 10.8. The van der Waals surface area contributed by atoms with E-state index < -0.39 is 22.3 Å². The molecule has 1 atom stereocenters. The number of amides is 1. The first-order valence-corrected chi connectivity index (χ1v) is 4.45. The highest BCUT2D eigenvalue weighted by Crippen LogP contribution is 2.27. The maximum atomic E-state index is 10.8. The number of hydrogen-bond acceptors (Lipinski definition) is 3. The lowest BCUT2D eigenvalue weighted by atomic mass is 9.88. The summed E-state index contributed by atoms with van der Waals surface area (Å²) in [6.45, 7) is 0.483. The first-order chi connectivity index (χ1) is 5.07. The van der Waals surface area contributed by atoms with E-state index in [0.29, 0.717) is 0 Å². The molecule has 1 aliphatic heterocycles. The Labute approximate surface area is 66.7 Å². The number of hydrogen-bond donors (Lipinski definition) is 2. The molecule has 1 saturated heterocycles. The normalized spacial score (nSPS) is 23.7. The van der Waals surface area contributed by atoms with Crippen LogP contribution in [0.2, 0.25) is 0 Å². The zero-order valence-corrected chi connectivity index (χ0v) is 6.73. The molecule has 5 nitrogen and oxygen atoms in total. The number of carbonyl (C=O) groups is 1.